The van der Waals surface area contributed by atoms with E-state index in [0.29, 0.717) is 23.2 Å². The second kappa shape index (κ2) is 10.7. The van der Waals surface area contributed by atoms with Crippen LogP contribution in [0.2, 0.25) is 0 Å². The van der Waals surface area contributed by atoms with Crippen LogP contribution >= 0.6 is 11.8 Å². The molecule has 2 heterocycles. The van der Waals surface area contributed by atoms with Crippen LogP contribution in [0.1, 0.15) is 12.5 Å². The zero-order valence-corrected chi connectivity index (χ0v) is 18.8. The summed E-state index contributed by atoms with van der Waals surface area (Å²) >= 11 is 1.25. The highest BCUT2D eigenvalue weighted by atomic mass is 32.2. The number of nitrogens with one attached hydrogen (secondary N) is 1. The summed E-state index contributed by atoms with van der Waals surface area (Å²) in [5.41, 5.74) is 2.07. The Bertz CT molecular complexity index is 1220. The average Bonchev–Trinajstić information content (AvgIpc) is 3.27. The molecule has 0 bridgehead atoms. The van der Waals surface area contributed by atoms with Gasteiger partial charge in [0.25, 0.3) is 0 Å². The molecule has 1 N–H and O–H groups in total. The number of amides is 1. The molecule has 0 saturated carbocycles. The van der Waals surface area contributed by atoms with E-state index in [1.807, 2.05) is 47.9 Å². The molecule has 2 aromatic carbocycles. The van der Waals surface area contributed by atoms with Crippen LogP contribution in [-0.2, 0) is 11.3 Å². The van der Waals surface area contributed by atoms with Gasteiger partial charge in [0.05, 0.1) is 12.4 Å². The van der Waals surface area contributed by atoms with Gasteiger partial charge in [0.15, 0.2) is 11.0 Å². The molecule has 0 atom stereocenters. The van der Waals surface area contributed by atoms with E-state index in [-0.39, 0.29) is 24.0 Å². The molecule has 0 radical (unpaired) electrons. The van der Waals surface area contributed by atoms with Crippen molar-refractivity contribution in [2.24, 2.45) is 0 Å². The van der Waals surface area contributed by atoms with Gasteiger partial charge < -0.3 is 10.1 Å². The summed E-state index contributed by atoms with van der Waals surface area (Å²) in [7, 11) is 0. The van der Waals surface area contributed by atoms with Gasteiger partial charge in [-0.05, 0) is 49.4 Å². The molecule has 0 spiro atoms. The minimum Gasteiger partial charge on any atom is -0.494 e. The molecule has 0 aliphatic rings. The topological polar surface area (TPSA) is 81.9 Å². The van der Waals surface area contributed by atoms with Gasteiger partial charge in [-0.3, -0.25) is 14.3 Å². The Morgan fingerprint density at radius 3 is 2.64 bits per heavy atom. The Morgan fingerprint density at radius 2 is 1.91 bits per heavy atom. The minimum atomic E-state index is -0.346. The second-order valence-electron chi connectivity index (χ2n) is 6.97. The first-order valence-electron chi connectivity index (χ1n) is 10.4. The summed E-state index contributed by atoms with van der Waals surface area (Å²) in [6.07, 6.45) is 3.40. The third-order valence-corrected chi connectivity index (χ3v) is 5.65. The highest BCUT2D eigenvalue weighted by Crippen LogP contribution is 2.28. The molecule has 0 aliphatic carbocycles. The lowest BCUT2D eigenvalue weighted by molar-refractivity contribution is -0.118. The van der Waals surface area contributed by atoms with E-state index in [9.17, 15) is 9.18 Å². The van der Waals surface area contributed by atoms with Crippen molar-refractivity contribution in [1.82, 2.24) is 25.1 Å². The number of hydrogen-bond donors (Lipinski definition) is 1. The number of nitrogens with zero attached hydrogens (tertiary/aromatic N) is 4. The van der Waals surface area contributed by atoms with E-state index in [1.165, 1.54) is 17.8 Å². The van der Waals surface area contributed by atoms with Crippen LogP contribution in [0.25, 0.3) is 17.1 Å². The zero-order valence-electron chi connectivity index (χ0n) is 17.9. The van der Waals surface area contributed by atoms with Crippen molar-refractivity contribution >= 4 is 17.7 Å². The van der Waals surface area contributed by atoms with Crippen molar-refractivity contribution in [1.29, 1.82) is 0 Å². The maximum atomic E-state index is 13.8. The van der Waals surface area contributed by atoms with Gasteiger partial charge >= 0.3 is 0 Å². The summed E-state index contributed by atoms with van der Waals surface area (Å²) in [6, 6.07) is 17.7. The van der Waals surface area contributed by atoms with E-state index < -0.39 is 0 Å². The SMILES string of the molecule is CCOc1ccc(-n2c(SCC(=O)NCc3ccccc3F)nnc2-c2cccnc2)cc1. The number of halogens is 1. The van der Waals surface area contributed by atoms with Crippen molar-refractivity contribution < 1.29 is 13.9 Å². The predicted molar refractivity (Wildman–Crippen MR) is 125 cm³/mol. The predicted octanol–water partition coefficient (Wildman–Crippen LogP) is 4.28. The van der Waals surface area contributed by atoms with Crippen molar-refractivity contribution in [3.63, 3.8) is 0 Å². The van der Waals surface area contributed by atoms with E-state index in [2.05, 4.69) is 20.5 Å². The first kappa shape index (κ1) is 22.5. The van der Waals surface area contributed by atoms with E-state index in [4.69, 9.17) is 4.74 Å². The molecule has 1 amide bonds. The van der Waals surface area contributed by atoms with Crippen LogP contribution < -0.4 is 10.1 Å². The number of carbonyl (C=O) groups excluding carboxylic acids is 1. The Labute approximate surface area is 195 Å². The normalized spacial score (nSPS) is 10.7. The van der Waals surface area contributed by atoms with Crippen LogP contribution in [-0.4, -0.2) is 38.0 Å². The molecule has 7 nitrogen and oxygen atoms in total. The third-order valence-electron chi connectivity index (χ3n) is 4.73. The minimum absolute atomic E-state index is 0.108. The Morgan fingerprint density at radius 1 is 1.09 bits per heavy atom. The zero-order chi connectivity index (χ0) is 23.0. The van der Waals surface area contributed by atoms with Gasteiger partial charge in [0, 0.05) is 35.8 Å². The van der Waals surface area contributed by atoms with Gasteiger partial charge in [-0.15, -0.1) is 10.2 Å². The molecule has 4 rings (SSSR count). The lowest BCUT2D eigenvalue weighted by Crippen LogP contribution is -2.25. The van der Waals surface area contributed by atoms with Gasteiger partial charge in [-0.1, -0.05) is 30.0 Å². The lowest BCUT2D eigenvalue weighted by atomic mass is 10.2. The molecule has 0 unspecified atom stereocenters. The van der Waals surface area contributed by atoms with Crippen molar-refractivity contribution in [3.8, 4) is 22.8 Å². The number of aromatic nitrogens is 4. The third kappa shape index (κ3) is 5.56. The second-order valence-corrected chi connectivity index (χ2v) is 7.91. The van der Waals surface area contributed by atoms with Crippen molar-refractivity contribution in [2.75, 3.05) is 12.4 Å². The number of rotatable bonds is 9. The van der Waals surface area contributed by atoms with E-state index in [0.717, 1.165) is 17.0 Å². The summed E-state index contributed by atoms with van der Waals surface area (Å²) in [4.78, 5) is 16.6. The van der Waals surface area contributed by atoms with Crippen LogP contribution in [0.3, 0.4) is 0 Å². The summed E-state index contributed by atoms with van der Waals surface area (Å²) in [6.45, 7) is 2.63. The maximum absolute atomic E-state index is 13.8. The summed E-state index contributed by atoms with van der Waals surface area (Å²) < 4.78 is 21.2. The quantitative estimate of drug-likeness (QED) is 0.373. The molecule has 0 fully saturated rings. The smallest absolute Gasteiger partial charge is 0.230 e. The fourth-order valence-electron chi connectivity index (χ4n) is 3.15. The first-order chi connectivity index (χ1) is 16.2. The van der Waals surface area contributed by atoms with Crippen molar-refractivity contribution in [3.05, 3.63) is 84.4 Å². The molecule has 2 aromatic heterocycles. The summed E-state index contributed by atoms with van der Waals surface area (Å²) in [5, 5.41) is 12.0. The standard InChI is InChI=1S/C24H22FN5O2S/c1-2-32-20-11-9-19(10-12-20)30-23(18-7-5-13-26-14-18)28-29-24(30)33-16-22(31)27-15-17-6-3-4-8-21(17)25/h3-14H,2,15-16H2,1H3,(H,27,31). The number of thioether (sulfide) groups is 1. The number of benzene rings is 2. The fourth-order valence-corrected chi connectivity index (χ4v) is 3.93. The Hall–Kier alpha value is -3.72. The maximum Gasteiger partial charge on any atom is 0.230 e. The molecule has 0 aliphatic heterocycles. The monoisotopic (exact) mass is 463 g/mol. The number of ether oxygens (including phenoxy) is 1. The molecular weight excluding hydrogens is 441 g/mol. The van der Waals surface area contributed by atoms with Crippen LogP contribution in [0.4, 0.5) is 4.39 Å². The fraction of sp³-hybridized carbons (Fsp3) is 0.167. The van der Waals surface area contributed by atoms with E-state index in [1.54, 1.807) is 30.6 Å². The lowest BCUT2D eigenvalue weighted by Gasteiger charge is -2.11. The van der Waals surface area contributed by atoms with E-state index >= 15 is 0 Å². The summed E-state index contributed by atoms with van der Waals surface area (Å²) in [5.74, 6) is 0.908. The van der Waals surface area contributed by atoms with Gasteiger partial charge in [0.1, 0.15) is 11.6 Å². The number of carbonyl (C=O) groups is 1. The number of hydrogen-bond acceptors (Lipinski definition) is 6. The molecule has 9 heteroatoms. The molecule has 168 valence electrons. The van der Waals surface area contributed by atoms with Gasteiger partial charge in [-0.2, -0.15) is 0 Å². The van der Waals surface area contributed by atoms with Crippen LogP contribution in [0.5, 0.6) is 5.75 Å². The molecular formula is C24H22FN5O2S. The molecule has 33 heavy (non-hydrogen) atoms. The average molecular weight is 464 g/mol. The highest BCUT2D eigenvalue weighted by molar-refractivity contribution is 7.99. The van der Waals surface area contributed by atoms with Gasteiger partial charge in [0.2, 0.25) is 5.91 Å². The van der Waals surface area contributed by atoms with Crippen LogP contribution in [0.15, 0.2) is 78.2 Å². The highest BCUT2D eigenvalue weighted by Gasteiger charge is 2.17. The molecule has 4 aromatic rings. The largest absolute Gasteiger partial charge is 0.494 e. The first-order valence-corrected chi connectivity index (χ1v) is 11.4. The Balaban J connectivity index is 1.53. The Kier molecular flexibility index (Phi) is 7.31. The molecule has 0 saturated heterocycles. The van der Waals surface area contributed by atoms with Crippen molar-refractivity contribution in [2.45, 2.75) is 18.6 Å². The van der Waals surface area contributed by atoms with Gasteiger partial charge in [-0.25, -0.2) is 4.39 Å². The van der Waals surface area contributed by atoms with Crippen LogP contribution in [0, 0.1) is 5.82 Å². The number of pyridine rings is 1.